The molecule has 0 radical (unpaired) electrons. The summed E-state index contributed by atoms with van der Waals surface area (Å²) in [6.45, 7) is 2.71. The van der Waals surface area contributed by atoms with E-state index in [1.807, 2.05) is 12.1 Å². The van der Waals surface area contributed by atoms with Gasteiger partial charge >= 0.3 is 0 Å². The topological polar surface area (TPSA) is 86.3 Å². The summed E-state index contributed by atoms with van der Waals surface area (Å²) in [5.74, 6) is 1.35. The molecule has 178 valence electrons. The van der Waals surface area contributed by atoms with Crippen LogP contribution in [0.3, 0.4) is 0 Å². The molecular weight excluding hydrogens is 424 g/mol. The number of ether oxygens (including phenoxy) is 4. The van der Waals surface area contributed by atoms with Gasteiger partial charge in [-0.2, -0.15) is 0 Å². The lowest BCUT2D eigenvalue weighted by Crippen LogP contribution is -2.24. The number of unbranched alkanes of at least 4 members (excludes halogenated alkanes) is 1. The monoisotopic (exact) mass is 456 g/mol. The van der Waals surface area contributed by atoms with Gasteiger partial charge in [-0.15, -0.1) is 0 Å². The molecule has 0 aliphatic rings. The fraction of sp³-hybridized carbons (Fsp3) is 0.360. The van der Waals surface area contributed by atoms with Crippen molar-refractivity contribution < 1.29 is 28.5 Å². The van der Waals surface area contributed by atoms with E-state index < -0.39 is 5.91 Å². The molecule has 0 heterocycles. The first kappa shape index (κ1) is 25.6. The zero-order chi connectivity index (χ0) is 24.4. The molecule has 2 aromatic rings. The zero-order valence-electron chi connectivity index (χ0n) is 20.1. The van der Waals surface area contributed by atoms with Crippen LogP contribution in [0.15, 0.2) is 36.4 Å². The molecule has 2 aromatic carbocycles. The lowest BCUT2D eigenvalue weighted by Gasteiger charge is -2.17. The van der Waals surface area contributed by atoms with Crippen molar-refractivity contribution in [3.05, 3.63) is 47.5 Å². The van der Waals surface area contributed by atoms with Crippen molar-refractivity contribution in [2.24, 2.45) is 0 Å². The van der Waals surface area contributed by atoms with Crippen molar-refractivity contribution in [1.82, 2.24) is 4.90 Å². The number of benzene rings is 2. The highest BCUT2D eigenvalue weighted by molar-refractivity contribution is 6.08. The average molecular weight is 457 g/mol. The number of rotatable bonds is 11. The number of carbonyl (C=O) groups is 2. The maximum absolute atomic E-state index is 12.6. The minimum Gasteiger partial charge on any atom is -0.493 e. The smallest absolute Gasteiger partial charge is 0.255 e. The number of amides is 2. The Bertz CT molecular complexity index is 1000. The third kappa shape index (κ3) is 6.90. The van der Waals surface area contributed by atoms with E-state index in [2.05, 4.69) is 12.2 Å². The van der Waals surface area contributed by atoms with Gasteiger partial charge in [0, 0.05) is 26.2 Å². The summed E-state index contributed by atoms with van der Waals surface area (Å²) in [6, 6.07) is 8.55. The Morgan fingerprint density at radius 2 is 1.58 bits per heavy atom. The van der Waals surface area contributed by atoms with Gasteiger partial charge in [0.05, 0.1) is 39.2 Å². The van der Waals surface area contributed by atoms with E-state index in [1.165, 1.54) is 25.2 Å². The van der Waals surface area contributed by atoms with Gasteiger partial charge in [0.25, 0.3) is 5.91 Å². The molecule has 0 aliphatic heterocycles. The Morgan fingerprint density at radius 1 is 0.939 bits per heavy atom. The largest absolute Gasteiger partial charge is 0.493 e. The standard InChI is InChI=1S/C25H32N2O6/c1-7-8-13-33-20-11-9-17(14-21(20)30-4)10-12-24(28)26-19-16-23(32-6)22(31-5)15-18(19)25(29)27(2)3/h9-12,14-16H,7-8,13H2,1-6H3,(H,26,28)/b12-10+. The summed E-state index contributed by atoms with van der Waals surface area (Å²) in [5, 5.41) is 2.75. The van der Waals surface area contributed by atoms with E-state index in [1.54, 1.807) is 45.5 Å². The zero-order valence-corrected chi connectivity index (χ0v) is 20.1. The Labute approximate surface area is 195 Å². The number of anilines is 1. The number of nitrogens with one attached hydrogen (secondary N) is 1. The van der Waals surface area contributed by atoms with Gasteiger partial charge in [-0.05, 0) is 36.3 Å². The Morgan fingerprint density at radius 3 is 2.18 bits per heavy atom. The minimum atomic E-state index is -0.405. The Balaban J connectivity index is 2.23. The summed E-state index contributed by atoms with van der Waals surface area (Å²) in [5.41, 5.74) is 1.37. The minimum absolute atomic E-state index is 0.279. The van der Waals surface area contributed by atoms with E-state index in [4.69, 9.17) is 18.9 Å². The molecule has 2 rings (SSSR count). The van der Waals surface area contributed by atoms with Crippen LogP contribution < -0.4 is 24.3 Å². The Hall–Kier alpha value is -3.68. The van der Waals surface area contributed by atoms with Crippen LogP contribution in [0, 0.1) is 0 Å². The second-order valence-corrected chi connectivity index (χ2v) is 7.39. The molecule has 0 spiro atoms. The van der Waals surface area contributed by atoms with Crippen molar-refractivity contribution in [3.63, 3.8) is 0 Å². The molecule has 1 N–H and O–H groups in total. The summed E-state index contributed by atoms with van der Waals surface area (Å²) < 4.78 is 21.7. The van der Waals surface area contributed by atoms with Crippen molar-refractivity contribution in [2.75, 3.05) is 47.3 Å². The second-order valence-electron chi connectivity index (χ2n) is 7.39. The summed E-state index contributed by atoms with van der Waals surface area (Å²) in [7, 11) is 7.81. The van der Waals surface area contributed by atoms with Crippen molar-refractivity contribution in [1.29, 1.82) is 0 Å². The molecule has 33 heavy (non-hydrogen) atoms. The van der Waals surface area contributed by atoms with Crippen LogP contribution >= 0.6 is 0 Å². The highest BCUT2D eigenvalue weighted by Crippen LogP contribution is 2.34. The van der Waals surface area contributed by atoms with Gasteiger partial charge in [-0.3, -0.25) is 9.59 Å². The van der Waals surface area contributed by atoms with Crippen LogP contribution in [0.25, 0.3) is 6.08 Å². The second kappa shape index (κ2) is 12.4. The quantitative estimate of drug-likeness (QED) is 0.402. The van der Waals surface area contributed by atoms with Gasteiger partial charge < -0.3 is 29.2 Å². The predicted octanol–water partition coefficient (Wildman–Crippen LogP) is 4.25. The number of hydrogen-bond acceptors (Lipinski definition) is 6. The molecule has 2 amide bonds. The molecule has 8 heteroatoms. The molecule has 0 aromatic heterocycles. The molecule has 8 nitrogen and oxygen atoms in total. The van der Waals surface area contributed by atoms with Crippen molar-refractivity contribution >= 4 is 23.6 Å². The van der Waals surface area contributed by atoms with Crippen LogP contribution in [-0.2, 0) is 4.79 Å². The molecule has 0 atom stereocenters. The fourth-order valence-electron chi connectivity index (χ4n) is 2.98. The van der Waals surface area contributed by atoms with E-state index >= 15 is 0 Å². The molecule has 0 saturated heterocycles. The predicted molar refractivity (Wildman–Crippen MR) is 129 cm³/mol. The van der Waals surface area contributed by atoms with Gasteiger partial charge in [0.15, 0.2) is 23.0 Å². The fourth-order valence-corrected chi connectivity index (χ4v) is 2.98. The lowest BCUT2D eigenvalue weighted by molar-refractivity contribution is -0.111. The first-order chi connectivity index (χ1) is 15.8. The normalized spacial score (nSPS) is 10.6. The average Bonchev–Trinajstić information content (AvgIpc) is 2.82. The molecular formula is C25H32N2O6. The van der Waals surface area contributed by atoms with Crippen LogP contribution in [-0.4, -0.2) is 58.7 Å². The number of hydrogen-bond donors (Lipinski definition) is 1. The van der Waals surface area contributed by atoms with Crippen LogP contribution in [0.5, 0.6) is 23.0 Å². The molecule has 0 fully saturated rings. The maximum Gasteiger partial charge on any atom is 0.255 e. The number of methoxy groups -OCH3 is 3. The maximum atomic E-state index is 12.6. The molecule has 0 saturated carbocycles. The van der Waals surface area contributed by atoms with E-state index in [-0.39, 0.29) is 11.5 Å². The Kier molecular flexibility index (Phi) is 9.60. The lowest BCUT2D eigenvalue weighted by atomic mass is 10.1. The molecule has 0 unspecified atom stereocenters. The first-order valence-corrected chi connectivity index (χ1v) is 10.6. The van der Waals surface area contributed by atoms with Crippen molar-refractivity contribution in [2.45, 2.75) is 19.8 Å². The summed E-state index contributed by atoms with van der Waals surface area (Å²) >= 11 is 0. The summed E-state index contributed by atoms with van der Waals surface area (Å²) in [6.07, 6.45) is 5.04. The van der Waals surface area contributed by atoms with Crippen LogP contribution in [0.4, 0.5) is 5.69 Å². The van der Waals surface area contributed by atoms with Gasteiger partial charge in [-0.25, -0.2) is 0 Å². The number of carbonyl (C=O) groups excluding carboxylic acids is 2. The van der Waals surface area contributed by atoms with E-state index in [0.29, 0.717) is 35.3 Å². The van der Waals surface area contributed by atoms with E-state index in [9.17, 15) is 9.59 Å². The molecule has 0 bridgehead atoms. The van der Waals surface area contributed by atoms with Gasteiger partial charge in [-0.1, -0.05) is 19.4 Å². The first-order valence-electron chi connectivity index (χ1n) is 10.6. The van der Waals surface area contributed by atoms with Crippen LogP contribution in [0.1, 0.15) is 35.7 Å². The van der Waals surface area contributed by atoms with E-state index in [0.717, 1.165) is 18.4 Å². The van der Waals surface area contributed by atoms with Gasteiger partial charge in [0.1, 0.15) is 0 Å². The SMILES string of the molecule is CCCCOc1ccc(/C=C/C(=O)Nc2cc(OC)c(OC)cc2C(=O)N(C)C)cc1OC. The molecule has 0 aliphatic carbocycles. The highest BCUT2D eigenvalue weighted by Gasteiger charge is 2.19. The van der Waals surface area contributed by atoms with Gasteiger partial charge in [0.2, 0.25) is 5.91 Å². The number of nitrogens with zero attached hydrogens (tertiary/aromatic N) is 1. The highest BCUT2D eigenvalue weighted by atomic mass is 16.5. The van der Waals surface area contributed by atoms with Crippen LogP contribution in [0.2, 0.25) is 0 Å². The van der Waals surface area contributed by atoms with Crippen molar-refractivity contribution in [3.8, 4) is 23.0 Å². The third-order valence-electron chi connectivity index (χ3n) is 4.79. The summed E-state index contributed by atoms with van der Waals surface area (Å²) in [4.78, 5) is 26.7. The third-order valence-corrected chi connectivity index (χ3v) is 4.79.